The highest BCUT2D eigenvalue weighted by Gasteiger charge is 2.43. The van der Waals surface area contributed by atoms with E-state index in [2.05, 4.69) is 12.2 Å². The van der Waals surface area contributed by atoms with Crippen molar-refractivity contribution in [2.24, 2.45) is 5.92 Å². The molecule has 0 spiro atoms. The molecule has 4 heteroatoms. The van der Waals surface area contributed by atoms with Crippen molar-refractivity contribution in [1.29, 1.82) is 0 Å². The molecule has 1 aliphatic rings. The second-order valence-corrected chi connectivity index (χ2v) is 4.86. The third kappa shape index (κ3) is 2.82. The first-order valence-electron chi connectivity index (χ1n) is 6.54. The molecule has 1 aromatic rings. The van der Waals surface area contributed by atoms with Gasteiger partial charge in [-0.1, -0.05) is 25.1 Å². The molecule has 1 N–H and O–H groups in total. The highest BCUT2D eigenvalue weighted by atomic mass is 19.2. The molecule has 1 saturated heterocycles. The van der Waals surface area contributed by atoms with Crippen molar-refractivity contribution in [1.82, 2.24) is 5.12 Å². The number of hydrogen-bond donors (Lipinski definition) is 1. The summed E-state index contributed by atoms with van der Waals surface area (Å²) in [7, 11) is 0. The summed E-state index contributed by atoms with van der Waals surface area (Å²) in [5, 5.41) is 4.17. The van der Waals surface area contributed by atoms with Crippen LogP contribution in [0.5, 0.6) is 0 Å². The second-order valence-electron chi connectivity index (χ2n) is 4.86. The Morgan fingerprint density at radius 2 is 2.17 bits per heavy atom. The van der Waals surface area contributed by atoms with Gasteiger partial charge in [0.25, 0.3) is 0 Å². The molecule has 1 aliphatic heterocycles. The van der Waals surface area contributed by atoms with E-state index in [0.29, 0.717) is 13.2 Å². The zero-order valence-corrected chi connectivity index (χ0v) is 11.0. The highest BCUT2D eigenvalue weighted by Crippen LogP contribution is 2.34. The fraction of sp³-hybridized carbons (Fsp3) is 0.571. The number of para-hydroxylation sites is 1. The van der Waals surface area contributed by atoms with Crippen LogP contribution in [-0.4, -0.2) is 30.5 Å². The van der Waals surface area contributed by atoms with Crippen molar-refractivity contribution in [3.8, 4) is 0 Å². The Morgan fingerprint density at radius 3 is 2.72 bits per heavy atom. The SMILES string of the molecule is CCN(F)CC1(Nc2ccccc2)OCCC1C. The number of likely N-dealkylation sites (N-methyl/N-ethyl adjacent to an activating group) is 1. The van der Waals surface area contributed by atoms with Crippen LogP contribution in [0.2, 0.25) is 0 Å². The molecule has 100 valence electrons. The van der Waals surface area contributed by atoms with Crippen molar-refractivity contribution < 1.29 is 9.22 Å². The molecule has 0 bridgehead atoms. The van der Waals surface area contributed by atoms with Crippen molar-refractivity contribution in [2.45, 2.75) is 26.0 Å². The number of benzene rings is 1. The number of ether oxygens (including phenoxy) is 1. The zero-order chi connectivity index (χ0) is 13.0. The third-order valence-corrected chi connectivity index (χ3v) is 3.59. The standard InChI is InChI=1S/C14H21FN2O/c1-3-17(15)11-14(12(2)9-10-18-14)16-13-7-5-4-6-8-13/h4-8,12,16H,3,9-11H2,1-2H3. The van der Waals surface area contributed by atoms with Crippen molar-refractivity contribution in [3.05, 3.63) is 30.3 Å². The van der Waals surface area contributed by atoms with Gasteiger partial charge >= 0.3 is 0 Å². The molecule has 0 saturated carbocycles. The quantitative estimate of drug-likeness (QED) is 0.815. The Kier molecular flexibility index (Phi) is 4.19. The molecule has 18 heavy (non-hydrogen) atoms. The molecule has 1 aromatic carbocycles. The predicted octanol–water partition coefficient (Wildman–Crippen LogP) is 3.06. The first kappa shape index (κ1) is 13.3. The number of nitrogens with one attached hydrogen (secondary N) is 1. The lowest BCUT2D eigenvalue weighted by Crippen LogP contribution is -2.50. The van der Waals surface area contributed by atoms with Crippen LogP contribution >= 0.6 is 0 Å². The number of nitrogens with zero attached hydrogens (tertiary/aromatic N) is 1. The average molecular weight is 252 g/mol. The van der Waals surface area contributed by atoms with Gasteiger partial charge in [-0.2, -0.15) is 0 Å². The van der Waals surface area contributed by atoms with Crippen molar-refractivity contribution in [2.75, 3.05) is 25.0 Å². The molecule has 2 rings (SSSR count). The fourth-order valence-corrected chi connectivity index (χ4v) is 2.33. The highest BCUT2D eigenvalue weighted by molar-refractivity contribution is 5.45. The van der Waals surface area contributed by atoms with Crippen LogP contribution in [0, 0.1) is 5.92 Å². The summed E-state index contributed by atoms with van der Waals surface area (Å²) in [5.74, 6) is 0.280. The van der Waals surface area contributed by atoms with Crippen molar-refractivity contribution in [3.63, 3.8) is 0 Å². The van der Waals surface area contributed by atoms with Crippen LogP contribution in [0.1, 0.15) is 20.3 Å². The van der Waals surface area contributed by atoms with Gasteiger partial charge in [-0.15, -0.1) is 9.60 Å². The molecule has 2 atom stereocenters. The van der Waals surface area contributed by atoms with Crippen LogP contribution in [0.3, 0.4) is 0 Å². The van der Waals surface area contributed by atoms with Gasteiger partial charge in [0.05, 0.1) is 6.54 Å². The summed E-state index contributed by atoms with van der Waals surface area (Å²) < 4.78 is 19.5. The van der Waals surface area contributed by atoms with Crippen LogP contribution in [0.25, 0.3) is 0 Å². The largest absolute Gasteiger partial charge is 0.356 e. The number of hydrogen-bond acceptors (Lipinski definition) is 3. The van der Waals surface area contributed by atoms with Gasteiger partial charge in [-0.05, 0) is 25.5 Å². The first-order chi connectivity index (χ1) is 8.66. The van der Waals surface area contributed by atoms with E-state index >= 15 is 0 Å². The van der Waals surface area contributed by atoms with E-state index in [-0.39, 0.29) is 12.5 Å². The van der Waals surface area contributed by atoms with E-state index in [4.69, 9.17) is 4.74 Å². The Bertz CT molecular complexity index is 373. The molecule has 1 fully saturated rings. The molecule has 0 radical (unpaired) electrons. The zero-order valence-electron chi connectivity index (χ0n) is 11.0. The summed E-state index contributed by atoms with van der Waals surface area (Å²) in [4.78, 5) is 0. The molecule has 2 unspecified atom stereocenters. The smallest absolute Gasteiger partial charge is 0.156 e. The van der Waals surface area contributed by atoms with Crippen LogP contribution in [0.15, 0.2) is 30.3 Å². The summed E-state index contributed by atoms with van der Waals surface area (Å²) in [5.41, 5.74) is 0.349. The minimum absolute atomic E-state index is 0.250. The molecule has 0 aliphatic carbocycles. The topological polar surface area (TPSA) is 24.5 Å². The summed E-state index contributed by atoms with van der Waals surface area (Å²) in [6, 6.07) is 9.84. The Morgan fingerprint density at radius 1 is 1.44 bits per heavy atom. The lowest BCUT2D eigenvalue weighted by Gasteiger charge is -2.36. The van der Waals surface area contributed by atoms with Crippen LogP contribution in [0.4, 0.5) is 10.2 Å². The Balaban J connectivity index is 2.15. The number of halogens is 1. The van der Waals surface area contributed by atoms with E-state index in [1.165, 1.54) is 0 Å². The molecule has 1 heterocycles. The lowest BCUT2D eigenvalue weighted by atomic mass is 9.96. The minimum Gasteiger partial charge on any atom is -0.356 e. The summed E-state index contributed by atoms with van der Waals surface area (Å²) >= 11 is 0. The van der Waals surface area contributed by atoms with Crippen LogP contribution in [-0.2, 0) is 4.74 Å². The Hall–Kier alpha value is -1.13. The molecular weight excluding hydrogens is 231 g/mol. The van der Waals surface area contributed by atoms with Gasteiger partial charge in [0.15, 0.2) is 5.72 Å². The van der Waals surface area contributed by atoms with E-state index in [9.17, 15) is 4.48 Å². The van der Waals surface area contributed by atoms with Gasteiger partial charge in [0.2, 0.25) is 0 Å². The Labute approximate surface area is 108 Å². The molecule has 0 aromatic heterocycles. The molecule has 0 amide bonds. The first-order valence-corrected chi connectivity index (χ1v) is 6.54. The predicted molar refractivity (Wildman–Crippen MR) is 70.9 cm³/mol. The van der Waals surface area contributed by atoms with Crippen molar-refractivity contribution >= 4 is 5.69 Å². The monoisotopic (exact) mass is 252 g/mol. The van der Waals surface area contributed by atoms with Gasteiger partial charge in [-0.25, -0.2) is 0 Å². The van der Waals surface area contributed by atoms with Gasteiger partial charge in [-0.3, -0.25) is 0 Å². The van der Waals surface area contributed by atoms with E-state index < -0.39 is 5.72 Å². The average Bonchev–Trinajstić information content (AvgIpc) is 2.72. The normalized spacial score (nSPS) is 27.7. The summed E-state index contributed by atoms with van der Waals surface area (Å²) in [6.07, 6.45) is 0.956. The molecule has 3 nitrogen and oxygen atoms in total. The van der Waals surface area contributed by atoms with E-state index in [0.717, 1.165) is 17.2 Å². The van der Waals surface area contributed by atoms with Gasteiger partial charge in [0.1, 0.15) is 0 Å². The fourth-order valence-electron chi connectivity index (χ4n) is 2.33. The van der Waals surface area contributed by atoms with Crippen LogP contribution < -0.4 is 5.32 Å². The second kappa shape index (κ2) is 5.67. The molecular formula is C14H21FN2O. The maximum atomic E-state index is 13.6. The number of rotatable bonds is 5. The maximum Gasteiger partial charge on any atom is 0.156 e. The van der Waals surface area contributed by atoms with Gasteiger partial charge < -0.3 is 10.1 Å². The third-order valence-electron chi connectivity index (χ3n) is 3.59. The number of anilines is 1. The minimum atomic E-state index is -0.619. The summed E-state index contributed by atoms with van der Waals surface area (Å²) in [6.45, 7) is 5.20. The maximum absolute atomic E-state index is 13.6. The van der Waals surface area contributed by atoms with E-state index in [1.807, 2.05) is 30.3 Å². The van der Waals surface area contributed by atoms with E-state index in [1.54, 1.807) is 6.92 Å². The lowest BCUT2D eigenvalue weighted by molar-refractivity contribution is -0.0780. The van der Waals surface area contributed by atoms with Gasteiger partial charge in [0, 0.05) is 24.8 Å².